The molecule has 2 atom stereocenters. The highest BCUT2D eigenvalue weighted by Gasteiger charge is 2.55. The first-order valence-electron chi connectivity index (χ1n) is 6.43. The van der Waals surface area contributed by atoms with Gasteiger partial charge in [0.05, 0.1) is 24.8 Å². The van der Waals surface area contributed by atoms with E-state index in [2.05, 4.69) is 17.0 Å². The van der Waals surface area contributed by atoms with Crippen molar-refractivity contribution in [2.24, 2.45) is 0 Å². The molecule has 1 aliphatic carbocycles. The number of methoxy groups -OCH3 is 1. The van der Waals surface area contributed by atoms with Gasteiger partial charge in [-0.15, -0.1) is 0 Å². The van der Waals surface area contributed by atoms with E-state index in [0.29, 0.717) is 12.2 Å². The van der Waals surface area contributed by atoms with Crippen LogP contribution in [0.25, 0.3) is 0 Å². The van der Waals surface area contributed by atoms with Gasteiger partial charge in [-0.2, -0.15) is 0 Å². The molecule has 4 heteroatoms. The number of morpholine rings is 1. The van der Waals surface area contributed by atoms with E-state index in [1.165, 1.54) is 7.11 Å². The molecule has 0 radical (unpaired) electrons. The van der Waals surface area contributed by atoms with E-state index >= 15 is 0 Å². The lowest BCUT2D eigenvalue weighted by Gasteiger charge is -2.55. The summed E-state index contributed by atoms with van der Waals surface area (Å²) in [4.78, 5) is 14.1. The lowest BCUT2D eigenvalue weighted by molar-refractivity contribution is -0.139. The molecule has 0 aromatic heterocycles. The lowest BCUT2D eigenvalue weighted by Crippen LogP contribution is -2.67. The fourth-order valence-corrected chi connectivity index (χ4v) is 2.94. The normalized spacial score (nSPS) is 29.1. The number of benzene rings is 1. The third-order valence-electron chi connectivity index (χ3n) is 4.06. The van der Waals surface area contributed by atoms with E-state index in [1.807, 2.05) is 31.2 Å². The van der Waals surface area contributed by atoms with Gasteiger partial charge in [-0.3, -0.25) is 0 Å². The Balaban J connectivity index is 1.98. The smallest absolute Gasteiger partial charge is 0.336 e. The number of fused-ring (bicyclic) bond motifs is 1. The van der Waals surface area contributed by atoms with Crippen LogP contribution in [-0.4, -0.2) is 37.9 Å². The summed E-state index contributed by atoms with van der Waals surface area (Å²) in [7, 11) is 1.41. The van der Waals surface area contributed by atoms with Crippen LogP contribution in [0.4, 0.5) is 5.69 Å². The molecule has 100 valence electrons. The number of ether oxygens (including phenoxy) is 2. The Bertz CT molecular complexity index is 525. The van der Waals surface area contributed by atoms with Crippen molar-refractivity contribution in [2.45, 2.75) is 18.6 Å². The zero-order valence-corrected chi connectivity index (χ0v) is 11.1. The summed E-state index contributed by atoms with van der Waals surface area (Å²) < 4.78 is 10.6. The molecule has 1 aromatic rings. The fraction of sp³-hybridized carbons (Fsp3) is 0.400. The van der Waals surface area contributed by atoms with E-state index < -0.39 is 5.54 Å². The van der Waals surface area contributed by atoms with E-state index in [9.17, 15) is 4.79 Å². The topological polar surface area (TPSA) is 38.8 Å². The summed E-state index contributed by atoms with van der Waals surface area (Å²) in [6.45, 7) is 3.47. The molecule has 19 heavy (non-hydrogen) atoms. The average Bonchev–Trinajstić information content (AvgIpc) is 2.44. The molecule has 0 N–H and O–H groups in total. The lowest BCUT2D eigenvalue weighted by atomic mass is 9.72. The van der Waals surface area contributed by atoms with Crippen molar-refractivity contribution in [3.63, 3.8) is 0 Å². The number of esters is 1. The molecular formula is C15H17NO3. The first kappa shape index (κ1) is 12.2. The zero-order chi connectivity index (χ0) is 13.5. The van der Waals surface area contributed by atoms with Crippen molar-refractivity contribution in [1.29, 1.82) is 0 Å². The molecule has 1 saturated heterocycles. The van der Waals surface area contributed by atoms with Crippen LogP contribution >= 0.6 is 0 Å². The van der Waals surface area contributed by atoms with Crippen molar-refractivity contribution >= 4 is 11.7 Å². The third kappa shape index (κ3) is 1.67. The standard InChI is InChI=1S/C15H17NO3/c1-15-12(14(17)18-2)10-13(15)19-9-8-16(15)11-6-4-3-5-7-11/h3-7,10,13H,8-9H2,1-2H3. The Kier molecular flexibility index (Phi) is 2.82. The summed E-state index contributed by atoms with van der Waals surface area (Å²) >= 11 is 0. The summed E-state index contributed by atoms with van der Waals surface area (Å²) in [5.74, 6) is -0.273. The van der Waals surface area contributed by atoms with Crippen molar-refractivity contribution in [1.82, 2.24) is 0 Å². The van der Waals surface area contributed by atoms with E-state index in [4.69, 9.17) is 9.47 Å². The molecule has 1 aliphatic heterocycles. The summed E-state index contributed by atoms with van der Waals surface area (Å²) in [5.41, 5.74) is 1.36. The Morgan fingerprint density at radius 2 is 2.16 bits per heavy atom. The minimum absolute atomic E-state index is 0.0458. The molecule has 0 spiro atoms. The molecule has 2 unspecified atom stereocenters. The van der Waals surface area contributed by atoms with Crippen LogP contribution in [0.15, 0.2) is 42.0 Å². The van der Waals surface area contributed by atoms with Crippen molar-refractivity contribution < 1.29 is 14.3 Å². The first-order valence-corrected chi connectivity index (χ1v) is 6.43. The monoisotopic (exact) mass is 259 g/mol. The van der Waals surface area contributed by atoms with Gasteiger partial charge in [0, 0.05) is 12.2 Å². The van der Waals surface area contributed by atoms with Gasteiger partial charge in [0.15, 0.2) is 0 Å². The van der Waals surface area contributed by atoms with Crippen LogP contribution in [0.2, 0.25) is 0 Å². The minimum Gasteiger partial charge on any atom is -0.466 e. The van der Waals surface area contributed by atoms with Gasteiger partial charge in [0.2, 0.25) is 0 Å². The van der Waals surface area contributed by atoms with Crippen LogP contribution in [0.5, 0.6) is 0 Å². The molecule has 0 saturated carbocycles. The van der Waals surface area contributed by atoms with Gasteiger partial charge in [-0.1, -0.05) is 18.2 Å². The molecule has 1 fully saturated rings. The van der Waals surface area contributed by atoms with Gasteiger partial charge < -0.3 is 14.4 Å². The van der Waals surface area contributed by atoms with Gasteiger partial charge in [0.1, 0.15) is 6.10 Å². The second-order valence-corrected chi connectivity index (χ2v) is 5.00. The maximum Gasteiger partial charge on any atom is 0.336 e. The largest absolute Gasteiger partial charge is 0.466 e. The van der Waals surface area contributed by atoms with E-state index in [-0.39, 0.29) is 12.1 Å². The van der Waals surface area contributed by atoms with Crippen molar-refractivity contribution in [2.75, 3.05) is 25.2 Å². The van der Waals surface area contributed by atoms with Gasteiger partial charge >= 0.3 is 5.97 Å². The fourth-order valence-electron chi connectivity index (χ4n) is 2.94. The van der Waals surface area contributed by atoms with E-state index in [0.717, 1.165) is 12.2 Å². The predicted octanol–water partition coefficient (Wildman–Crippen LogP) is 1.76. The zero-order valence-electron chi connectivity index (χ0n) is 11.1. The molecule has 0 bridgehead atoms. The third-order valence-corrected chi connectivity index (χ3v) is 4.06. The molecule has 4 nitrogen and oxygen atoms in total. The maximum atomic E-state index is 11.9. The van der Waals surface area contributed by atoms with Crippen LogP contribution < -0.4 is 4.90 Å². The number of carbonyl (C=O) groups excluding carboxylic acids is 1. The molecule has 1 aromatic carbocycles. The highest BCUT2D eigenvalue weighted by Crippen LogP contribution is 2.44. The number of nitrogens with zero attached hydrogens (tertiary/aromatic N) is 1. The maximum absolute atomic E-state index is 11.9. The number of carbonyl (C=O) groups is 1. The number of para-hydroxylation sites is 1. The Morgan fingerprint density at radius 3 is 2.84 bits per heavy atom. The highest BCUT2D eigenvalue weighted by atomic mass is 16.5. The highest BCUT2D eigenvalue weighted by molar-refractivity contribution is 5.95. The summed E-state index contributed by atoms with van der Waals surface area (Å²) in [5, 5.41) is 0. The van der Waals surface area contributed by atoms with Crippen molar-refractivity contribution in [3.05, 3.63) is 42.0 Å². The number of hydrogen-bond acceptors (Lipinski definition) is 4. The van der Waals surface area contributed by atoms with Crippen LogP contribution in [0, 0.1) is 0 Å². The molecule has 1 heterocycles. The van der Waals surface area contributed by atoms with Crippen LogP contribution in [-0.2, 0) is 14.3 Å². The Hall–Kier alpha value is -1.81. The number of anilines is 1. The Morgan fingerprint density at radius 1 is 1.42 bits per heavy atom. The number of hydrogen-bond donors (Lipinski definition) is 0. The average molecular weight is 259 g/mol. The van der Waals surface area contributed by atoms with Gasteiger partial charge in [-0.05, 0) is 25.1 Å². The molecule has 3 rings (SSSR count). The van der Waals surface area contributed by atoms with Gasteiger partial charge in [0.25, 0.3) is 0 Å². The first-order chi connectivity index (χ1) is 9.17. The van der Waals surface area contributed by atoms with Crippen LogP contribution in [0.1, 0.15) is 6.92 Å². The quantitative estimate of drug-likeness (QED) is 0.759. The second-order valence-electron chi connectivity index (χ2n) is 5.00. The second kappa shape index (κ2) is 4.38. The summed E-state index contributed by atoms with van der Waals surface area (Å²) in [6.07, 6.45) is 1.82. The molecular weight excluding hydrogens is 242 g/mol. The molecule has 0 amide bonds. The molecule has 2 aliphatic rings. The Labute approximate surface area is 112 Å². The minimum atomic E-state index is -0.424. The van der Waals surface area contributed by atoms with Crippen molar-refractivity contribution in [3.8, 4) is 0 Å². The predicted molar refractivity (Wildman–Crippen MR) is 72.0 cm³/mol. The summed E-state index contributed by atoms with van der Waals surface area (Å²) in [6, 6.07) is 10.1. The number of rotatable bonds is 2. The van der Waals surface area contributed by atoms with Gasteiger partial charge in [-0.25, -0.2) is 4.79 Å². The van der Waals surface area contributed by atoms with E-state index in [1.54, 1.807) is 0 Å². The van der Waals surface area contributed by atoms with Crippen LogP contribution in [0.3, 0.4) is 0 Å². The SMILES string of the molecule is COC(=O)C1=CC2OCCN(c3ccccc3)C12C.